The van der Waals surface area contributed by atoms with Crippen LogP contribution in [0.15, 0.2) is 82.7 Å². The van der Waals surface area contributed by atoms with Crippen LogP contribution in [0, 0.1) is 0 Å². The second-order valence-corrected chi connectivity index (χ2v) is 10.7. The fourth-order valence-electron chi connectivity index (χ4n) is 4.52. The van der Waals surface area contributed by atoms with Crippen molar-refractivity contribution in [1.82, 2.24) is 4.90 Å². The number of nitrogens with zero attached hydrogens (tertiary/aromatic N) is 3. The molecule has 9 nitrogen and oxygen atoms in total. The number of esters is 1. The van der Waals surface area contributed by atoms with Crippen molar-refractivity contribution < 1.29 is 22.7 Å². The van der Waals surface area contributed by atoms with Crippen molar-refractivity contribution in [3.8, 4) is 0 Å². The summed E-state index contributed by atoms with van der Waals surface area (Å²) in [6.07, 6.45) is 3.57. The Bertz CT molecular complexity index is 1530. The molecule has 1 amide bonds. The van der Waals surface area contributed by atoms with Crippen molar-refractivity contribution in [2.45, 2.75) is 18.7 Å². The Balaban J connectivity index is 1.40. The van der Waals surface area contributed by atoms with Crippen molar-refractivity contribution >= 4 is 51.8 Å². The molecule has 1 aliphatic rings. The monoisotopic (exact) mass is 560 g/mol. The Morgan fingerprint density at radius 3 is 2.35 bits per heavy atom. The van der Waals surface area contributed by atoms with Gasteiger partial charge in [0.1, 0.15) is 4.90 Å². The van der Waals surface area contributed by atoms with Crippen LogP contribution in [0.5, 0.6) is 0 Å². The fourth-order valence-corrected chi connectivity index (χ4v) is 5.78. The lowest BCUT2D eigenvalue weighted by Gasteiger charge is -2.36. The molecule has 40 heavy (non-hydrogen) atoms. The maximum atomic E-state index is 13.1. The molecule has 3 aromatic rings. The van der Waals surface area contributed by atoms with E-state index in [1.807, 2.05) is 19.1 Å². The summed E-state index contributed by atoms with van der Waals surface area (Å²) in [7, 11) is -3.94. The van der Waals surface area contributed by atoms with Gasteiger partial charge in [0.25, 0.3) is 15.9 Å². The van der Waals surface area contributed by atoms with E-state index in [9.17, 15) is 18.0 Å². The molecule has 1 heterocycles. The molecule has 0 bridgehead atoms. The van der Waals surface area contributed by atoms with Crippen LogP contribution < -0.4 is 9.62 Å². The Hall–Kier alpha value is -4.44. The molecule has 0 aliphatic carbocycles. The van der Waals surface area contributed by atoms with E-state index in [1.165, 1.54) is 6.07 Å². The van der Waals surface area contributed by atoms with Crippen LogP contribution in [0.25, 0.3) is 6.08 Å². The smallest absolute Gasteiger partial charge is 0.338 e. The first-order valence-electron chi connectivity index (χ1n) is 12.9. The van der Waals surface area contributed by atoms with Gasteiger partial charge in [-0.05, 0) is 69.1 Å². The minimum absolute atomic E-state index is 0.0175. The van der Waals surface area contributed by atoms with Gasteiger partial charge >= 0.3 is 5.97 Å². The second kappa shape index (κ2) is 12.6. The SMILES string of the molecule is C=Nc1c(/C=C\C)cccc1S(=O)(=O)Nc1ccc(C(=O)N2CCN(c3cccc(C(=O)OCC)c3)CC2)cc1. The third-order valence-corrected chi connectivity index (χ3v) is 7.91. The molecule has 0 saturated carbocycles. The summed E-state index contributed by atoms with van der Waals surface area (Å²) >= 11 is 0. The number of allylic oxidation sites excluding steroid dienone is 1. The van der Waals surface area contributed by atoms with Crippen molar-refractivity contribution in [2.75, 3.05) is 42.4 Å². The van der Waals surface area contributed by atoms with Crippen molar-refractivity contribution in [2.24, 2.45) is 4.99 Å². The van der Waals surface area contributed by atoms with E-state index >= 15 is 0 Å². The largest absolute Gasteiger partial charge is 0.462 e. The summed E-state index contributed by atoms with van der Waals surface area (Å²) in [4.78, 5) is 33.1. The lowest BCUT2D eigenvalue weighted by molar-refractivity contribution is 0.0526. The van der Waals surface area contributed by atoms with Gasteiger partial charge in [0.05, 0.1) is 17.9 Å². The number of para-hydroxylation sites is 1. The summed E-state index contributed by atoms with van der Waals surface area (Å²) in [5.74, 6) is -0.490. The Kier molecular flexibility index (Phi) is 9.00. The Morgan fingerprint density at radius 2 is 1.70 bits per heavy atom. The third kappa shape index (κ3) is 6.40. The zero-order valence-corrected chi connectivity index (χ0v) is 23.4. The highest BCUT2D eigenvalue weighted by Crippen LogP contribution is 2.31. The molecular formula is C30H32N4O5S. The number of rotatable bonds is 9. The molecule has 1 N–H and O–H groups in total. The molecule has 1 aliphatic heterocycles. The van der Waals surface area contributed by atoms with Crippen LogP contribution in [-0.4, -0.2) is 64.7 Å². The van der Waals surface area contributed by atoms with Gasteiger partial charge in [-0.2, -0.15) is 0 Å². The zero-order chi connectivity index (χ0) is 28.7. The van der Waals surface area contributed by atoms with Crippen LogP contribution in [0.1, 0.15) is 40.1 Å². The van der Waals surface area contributed by atoms with E-state index in [0.717, 1.165) is 5.69 Å². The van der Waals surface area contributed by atoms with E-state index in [1.54, 1.807) is 72.5 Å². The van der Waals surface area contributed by atoms with E-state index in [0.29, 0.717) is 55.2 Å². The summed E-state index contributed by atoms with van der Waals surface area (Å²) < 4.78 is 33.9. The van der Waals surface area contributed by atoms with Crippen molar-refractivity contribution in [3.05, 3.63) is 89.5 Å². The maximum absolute atomic E-state index is 13.1. The number of carbonyl (C=O) groups is 2. The van der Waals surface area contributed by atoms with Gasteiger partial charge in [0.2, 0.25) is 0 Å². The number of nitrogens with one attached hydrogen (secondary N) is 1. The molecule has 0 atom stereocenters. The maximum Gasteiger partial charge on any atom is 0.338 e. The minimum Gasteiger partial charge on any atom is -0.462 e. The molecular weight excluding hydrogens is 528 g/mol. The summed E-state index contributed by atoms with van der Waals surface area (Å²) in [6.45, 7) is 9.70. The third-order valence-electron chi connectivity index (χ3n) is 6.50. The molecule has 1 saturated heterocycles. The molecule has 208 valence electrons. The molecule has 0 spiro atoms. The van der Waals surface area contributed by atoms with Gasteiger partial charge in [-0.25, -0.2) is 13.2 Å². The molecule has 10 heteroatoms. The normalized spacial score (nSPS) is 13.8. The van der Waals surface area contributed by atoms with Gasteiger partial charge in [-0.1, -0.05) is 30.4 Å². The van der Waals surface area contributed by atoms with Crippen LogP contribution >= 0.6 is 0 Å². The highest BCUT2D eigenvalue weighted by atomic mass is 32.2. The molecule has 1 fully saturated rings. The molecule has 4 rings (SSSR count). The molecule has 0 radical (unpaired) electrons. The predicted octanol–water partition coefficient (Wildman–Crippen LogP) is 4.99. The first kappa shape index (κ1) is 28.6. The van der Waals surface area contributed by atoms with Crippen LogP contribution in [0.3, 0.4) is 0 Å². The van der Waals surface area contributed by atoms with E-state index in [2.05, 4.69) is 21.3 Å². The van der Waals surface area contributed by atoms with Gasteiger partial charge < -0.3 is 14.5 Å². The van der Waals surface area contributed by atoms with Gasteiger partial charge in [-0.3, -0.25) is 14.5 Å². The van der Waals surface area contributed by atoms with Gasteiger partial charge in [-0.15, -0.1) is 0 Å². The minimum atomic E-state index is -3.94. The fraction of sp³-hybridized carbons (Fsp3) is 0.233. The second-order valence-electron chi connectivity index (χ2n) is 9.08. The van der Waals surface area contributed by atoms with E-state index in [4.69, 9.17) is 4.74 Å². The number of benzene rings is 3. The van der Waals surface area contributed by atoms with Crippen LogP contribution in [0.4, 0.5) is 17.1 Å². The number of sulfonamides is 1. The zero-order valence-electron chi connectivity index (χ0n) is 22.5. The highest BCUT2D eigenvalue weighted by Gasteiger charge is 2.24. The number of anilines is 2. The number of amides is 1. The van der Waals surface area contributed by atoms with Gasteiger partial charge in [0, 0.05) is 48.7 Å². The number of carbonyl (C=O) groups excluding carboxylic acids is 2. The first-order chi connectivity index (χ1) is 19.3. The average Bonchev–Trinajstić information content (AvgIpc) is 2.97. The predicted molar refractivity (Wildman–Crippen MR) is 158 cm³/mol. The topological polar surface area (TPSA) is 108 Å². The molecule has 0 unspecified atom stereocenters. The lowest BCUT2D eigenvalue weighted by Crippen LogP contribution is -2.48. The average molecular weight is 561 g/mol. The number of aliphatic imine (C=N–C) groups is 1. The summed E-state index contributed by atoms with van der Waals surface area (Å²) in [5.41, 5.74) is 3.11. The number of hydrogen-bond donors (Lipinski definition) is 1. The number of piperazine rings is 1. The van der Waals surface area contributed by atoms with E-state index in [-0.39, 0.29) is 22.5 Å². The van der Waals surface area contributed by atoms with Crippen molar-refractivity contribution in [3.63, 3.8) is 0 Å². The standard InChI is InChI=1S/C30H32N4O5S/c1-4-8-22-9-7-12-27(28(22)31-3)40(37,38)32-25-15-13-23(14-16-25)29(35)34-19-17-33(18-20-34)26-11-6-10-24(21-26)30(36)39-5-2/h4,6-16,21,32H,3,5,17-20H2,1-2H3/b8-4-. The van der Waals surface area contributed by atoms with Crippen LogP contribution in [-0.2, 0) is 14.8 Å². The Labute approximate surface area is 234 Å². The Morgan fingerprint density at radius 1 is 1.00 bits per heavy atom. The van der Waals surface area contributed by atoms with Crippen molar-refractivity contribution in [1.29, 1.82) is 0 Å². The van der Waals surface area contributed by atoms with Gasteiger partial charge in [0.15, 0.2) is 0 Å². The highest BCUT2D eigenvalue weighted by molar-refractivity contribution is 7.92. The summed E-state index contributed by atoms with van der Waals surface area (Å²) in [5, 5.41) is 0. The van der Waals surface area contributed by atoms with E-state index < -0.39 is 10.0 Å². The first-order valence-corrected chi connectivity index (χ1v) is 14.4. The number of ether oxygens (including phenoxy) is 1. The molecule has 0 aromatic heterocycles. The number of hydrogen-bond acceptors (Lipinski definition) is 7. The molecule has 3 aromatic carbocycles. The quantitative estimate of drug-likeness (QED) is 0.292. The summed E-state index contributed by atoms with van der Waals surface area (Å²) in [6, 6.07) is 18.5. The van der Waals surface area contributed by atoms with Crippen LogP contribution in [0.2, 0.25) is 0 Å². The lowest BCUT2D eigenvalue weighted by atomic mass is 10.1.